The molecule has 1 amide bonds. The van der Waals surface area contributed by atoms with Crippen molar-refractivity contribution in [1.82, 2.24) is 5.27 Å². The van der Waals surface area contributed by atoms with Crippen LogP contribution in [0.25, 0.3) is 5.69 Å². The first-order valence-electron chi connectivity index (χ1n) is 10.9. The molecule has 2 heterocycles. The van der Waals surface area contributed by atoms with Crippen molar-refractivity contribution in [3.05, 3.63) is 56.3 Å². The third-order valence-electron chi connectivity index (χ3n) is 5.39. The molecule has 0 fully saturated rings. The van der Waals surface area contributed by atoms with Gasteiger partial charge in [-0.1, -0.05) is 24.1 Å². The average Bonchev–Trinajstić information content (AvgIpc) is 3.23. The van der Waals surface area contributed by atoms with E-state index in [-0.39, 0.29) is 23.3 Å². The monoisotopic (exact) mass is 488 g/mol. The molecule has 0 saturated heterocycles. The highest BCUT2D eigenvalue weighted by Crippen LogP contribution is 2.38. The van der Waals surface area contributed by atoms with Gasteiger partial charge in [-0.15, -0.1) is 11.3 Å². The van der Waals surface area contributed by atoms with Gasteiger partial charge in [-0.2, -0.15) is 0 Å². The van der Waals surface area contributed by atoms with Gasteiger partial charge in [0.1, 0.15) is 5.00 Å². The minimum absolute atomic E-state index is 0.0146. The number of ether oxygens (including phenoxy) is 1. The lowest BCUT2D eigenvalue weighted by Crippen LogP contribution is -2.36. The van der Waals surface area contributed by atoms with Crippen LogP contribution >= 0.6 is 23.1 Å². The van der Waals surface area contributed by atoms with E-state index in [1.54, 1.807) is 6.92 Å². The number of hydrogen-bond acceptors (Lipinski definition) is 7. The first-order valence-corrected chi connectivity index (χ1v) is 12.7. The number of nitrogens with zero attached hydrogens (tertiary/aromatic N) is 1. The number of nitrogens with one attached hydrogen (secondary N) is 2. The van der Waals surface area contributed by atoms with E-state index in [2.05, 4.69) is 10.6 Å². The molecule has 1 aliphatic carbocycles. The summed E-state index contributed by atoms with van der Waals surface area (Å²) < 4.78 is 11.7. The number of rotatable bonds is 7. The first-order chi connectivity index (χ1) is 16.0. The van der Waals surface area contributed by atoms with Crippen LogP contribution in [0.2, 0.25) is 0 Å². The predicted molar refractivity (Wildman–Crippen MR) is 126 cm³/mol. The summed E-state index contributed by atoms with van der Waals surface area (Å²) >= 11 is 2.52. The van der Waals surface area contributed by atoms with E-state index < -0.39 is 11.6 Å². The maximum absolute atomic E-state index is 12.8. The molecule has 0 radical (unpaired) electrons. The lowest BCUT2D eigenvalue weighted by Gasteiger charge is -2.08. The van der Waals surface area contributed by atoms with Gasteiger partial charge in [-0.25, -0.2) is 9.59 Å². The molecule has 0 aliphatic heterocycles. The van der Waals surface area contributed by atoms with Crippen LogP contribution in [0.15, 0.2) is 38.6 Å². The summed E-state index contributed by atoms with van der Waals surface area (Å²) in [6, 6.07) is 7.56. The SMILES string of the molecule is CCOC(=O)c1c(NC(=O)CSc2c(=O)o[nH][n+]2-c2ccc(C)cc2)sc2c1CCCCC2. The predicted octanol–water partition coefficient (Wildman–Crippen LogP) is 3.79. The number of amides is 1. The van der Waals surface area contributed by atoms with Gasteiger partial charge in [0.25, 0.3) is 0 Å². The Labute approximate surface area is 199 Å². The van der Waals surface area contributed by atoms with Gasteiger partial charge < -0.3 is 10.1 Å². The van der Waals surface area contributed by atoms with Crippen LogP contribution in [-0.4, -0.2) is 29.5 Å². The van der Waals surface area contributed by atoms with Crippen molar-refractivity contribution in [2.45, 2.75) is 51.0 Å². The Hall–Kier alpha value is -2.85. The van der Waals surface area contributed by atoms with Gasteiger partial charge in [0.2, 0.25) is 11.6 Å². The number of esters is 1. The number of anilines is 1. The normalized spacial score (nSPS) is 13.3. The zero-order valence-corrected chi connectivity index (χ0v) is 20.2. The number of hydrogen-bond donors (Lipinski definition) is 2. The van der Waals surface area contributed by atoms with E-state index in [4.69, 9.17) is 9.26 Å². The molecule has 1 aliphatic rings. The summed E-state index contributed by atoms with van der Waals surface area (Å²) in [5, 5.41) is 6.25. The summed E-state index contributed by atoms with van der Waals surface area (Å²) in [4.78, 5) is 38.8. The van der Waals surface area contributed by atoms with Crippen molar-refractivity contribution in [2.24, 2.45) is 0 Å². The van der Waals surface area contributed by atoms with Gasteiger partial charge in [-0.3, -0.25) is 9.32 Å². The molecule has 174 valence electrons. The molecule has 0 saturated carbocycles. The van der Waals surface area contributed by atoms with Crippen LogP contribution in [0, 0.1) is 6.92 Å². The third kappa shape index (κ3) is 5.22. The molecule has 8 nitrogen and oxygen atoms in total. The number of thiophene rings is 1. The summed E-state index contributed by atoms with van der Waals surface area (Å²) in [6.07, 6.45) is 4.93. The molecule has 0 atom stereocenters. The van der Waals surface area contributed by atoms with Crippen LogP contribution in [0.4, 0.5) is 5.00 Å². The van der Waals surface area contributed by atoms with Crippen molar-refractivity contribution in [3.8, 4) is 5.69 Å². The van der Waals surface area contributed by atoms with E-state index >= 15 is 0 Å². The molecular formula is C23H26N3O5S2+. The Morgan fingerprint density at radius 2 is 1.97 bits per heavy atom. The number of carbonyl (C=O) groups is 2. The number of aryl methyl sites for hydroxylation is 2. The highest BCUT2D eigenvalue weighted by atomic mass is 32.2. The molecule has 0 unspecified atom stereocenters. The molecule has 2 aromatic heterocycles. The number of fused-ring (bicyclic) bond motifs is 1. The molecule has 0 spiro atoms. The minimum Gasteiger partial charge on any atom is -0.462 e. The van der Waals surface area contributed by atoms with Crippen LogP contribution in [-0.2, 0) is 22.4 Å². The topological polar surface area (TPSA) is 105 Å². The van der Waals surface area contributed by atoms with Gasteiger partial charge in [0.05, 0.1) is 17.9 Å². The van der Waals surface area contributed by atoms with Gasteiger partial charge in [0, 0.05) is 17.0 Å². The fourth-order valence-electron chi connectivity index (χ4n) is 3.80. The highest BCUT2D eigenvalue weighted by molar-refractivity contribution is 7.99. The zero-order chi connectivity index (χ0) is 23.4. The van der Waals surface area contributed by atoms with E-state index in [1.807, 2.05) is 31.2 Å². The third-order valence-corrected chi connectivity index (χ3v) is 7.63. The summed E-state index contributed by atoms with van der Waals surface area (Å²) in [7, 11) is 0. The number of thioether (sulfide) groups is 1. The van der Waals surface area contributed by atoms with E-state index in [9.17, 15) is 14.4 Å². The summed E-state index contributed by atoms with van der Waals surface area (Å²) in [5.74, 6) is -0.722. The molecule has 4 rings (SSSR count). The van der Waals surface area contributed by atoms with Crippen LogP contribution in [0.3, 0.4) is 0 Å². The smallest absolute Gasteiger partial charge is 0.442 e. The standard InChI is InChI=1S/C23H25N3O5S2/c1-3-30-22(28)19-16-7-5-4-6-8-17(16)33-20(19)24-18(27)13-32-21-23(29)31-25-26(21)15-11-9-14(2)10-12-15/h9-12H,3-8,13H2,1-2H3,(H-,24,25,27,28,29)/p+1. The van der Waals surface area contributed by atoms with Crippen molar-refractivity contribution < 1.29 is 23.5 Å². The van der Waals surface area contributed by atoms with Crippen molar-refractivity contribution >= 4 is 40.0 Å². The van der Waals surface area contributed by atoms with Gasteiger partial charge in [0.15, 0.2) is 0 Å². The van der Waals surface area contributed by atoms with Crippen molar-refractivity contribution in [1.29, 1.82) is 0 Å². The largest absolute Gasteiger partial charge is 0.462 e. The second-order valence-corrected chi connectivity index (χ2v) is 9.85. The molecule has 0 bridgehead atoms. The lowest BCUT2D eigenvalue weighted by atomic mass is 10.1. The molecule has 33 heavy (non-hydrogen) atoms. The fourth-order valence-corrected chi connectivity index (χ4v) is 5.86. The molecule has 10 heteroatoms. The Bertz CT molecular complexity index is 1210. The Morgan fingerprint density at radius 1 is 1.21 bits per heavy atom. The Morgan fingerprint density at radius 3 is 2.73 bits per heavy atom. The second-order valence-electron chi connectivity index (χ2n) is 7.78. The maximum atomic E-state index is 12.8. The van der Waals surface area contributed by atoms with Crippen LogP contribution in [0.5, 0.6) is 0 Å². The van der Waals surface area contributed by atoms with Gasteiger partial charge in [-0.05, 0) is 66.8 Å². The van der Waals surface area contributed by atoms with E-state index in [0.29, 0.717) is 10.6 Å². The van der Waals surface area contributed by atoms with E-state index in [1.165, 1.54) is 16.0 Å². The minimum atomic E-state index is -0.552. The Kier molecular flexibility index (Phi) is 7.34. The van der Waals surface area contributed by atoms with Crippen molar-refractivity contribution in [2.75, 3.05) is 17.7 Å². The Balaban J connectivity index is 1.51. The molecule has 3 aromatic rings. The number of H-pyrrole nitrogens is 1. The zero-order valence-electron chi connectivity index (χ0n) is 18.6. The summed E-state index contributed by atoms with van der Waals surface area (Å²) in [6.45, 7) is 4.01. The quantitative estimate of drug-likeness (QED) is 0.227. The van der Waals surface area contributed by atoms with Gasteiger partial charge >= 0.3 is 16.6 Å². The highest BCUT2D eigenvalue weighted by Gasteiger charge is 2.28. The number of aromatic amines is 1. The van der Waals surface area contributed by atoms with E-state index in [0.717, 1.165) is 65.6 Å². The average molecular weight is 489 g/mol. The number of aromatic nitrogens is 2. The number of carbonyl (C=O) groups excluding carboxylic acids is 2. The van der Waals surface area contributed by atoms with Crippen molar-refractivity contribution in [3.63, 3.8) is 0 Å². The second kappa shape index (κ2) is 10.4. The van der Waals surface area contributed by atoms with Crippen LogP contribution < -0.4 is 15.6 Å². The number of benzene rings is 1. The lowest BCUT2D eigenvalue weighted by molar-refractivity contribution is -0.704. The molecular weight excluding hydrogens is 462 g/mol. The fraction of sp³-hybridized carbons (Fsp3) is 0.391. The molecule has 1 aromatic carbocycles. The first kappa shape index (κ1) is 23.3. The van der Waals surface area contributed by atoms with Crippen LogP contribution in [0.1, 0.15) is 52.5 Å². The maximum Gasteiger partial charge on any atom is 0.442 e. The molecule has 2 N–H and O–H groups in total. The summed E-state index contributed by atoms with van der Waals surface area (Å²) in [5.41, 5.74) is 2.74.